The van der Waals surface area contributed by atoms with Crippen molar-refractivity contribution in [3.63, 3.8) is 0 Å². The maximum Gasteiger partial charge on any atom is 0.165 e. The predicted molar refractivity (Wildman–Crippen MR) is 58.6 cm³/mol. The van der Waals surface area contributed by atoms with Gasteiger partial charge in [-0.1, -0.05) is 12.1 Å². The SMILES string of the molecule is Cc1ccc(C(O)c2ccc(C)c(F)c2F)o1. The molecule has 1 heterocycles. The lowest BCUT2D eigenvalue weighted by molar-refractivity contribution is 0.182. The number of benzene rings is 1. The van der Waals surface area contributed by atoms with Crippen molar-refractivity contribution in [2.75, 3.05) is 0 Å². The van der Waals surface area contributed by atoms with Crippen LogP contribution in [0.2, 0.25) is 0 Å². The molecule has 0 bridgehead atoms. The van der Waals surface area contributed by atoms with Gasteiger partial charge in [0.1, 0.15) is 17.6 Å². The topological polar surface area (TPSA) is 33.4 Å². The van der Waals surface area contributed by atoms with Crippen molar-refractivity contribution in [2.45, 2.75) is 20.0 Å². The molecule has 1 atom stereocenters. The molecule has 0 fully saturated rings. The summed E-state index contributed by atoms with van der Waals surface area (Å²) < 4.78 is 32.2. The summed E-state index contributed by atoms with van der Waals surface area (Å²) in [6.07, 6.45) is -1.29. The Morgan fingerprint density at radius 3 is 2.35 bits per heavy atom. The molecule has 1 unspecified atom stereocenters. The maximum atomic E-state index is 13.6. The van der Waals surface area contributed by atoms with Gasteiger partial charge in [0.05, 0.1) is 0 Å². The van der Waals surface area contributed by atoms with Crippen LogP contribution in [-0.4, -0.2) is 5.11 Å². The Balaban J connectivity index is 2.44. The first-order chi connectivity index (χ1) is 8.00. The molecular weight excluding hydrogens is 226 g/mol. The van der Waals surface area contributed by atoms with Crippen LogP contribution >= 0.6 is 0 Å². The van der Waals surface area contributed by atoms with E-state index in [4.69, 9.17) is 4.42 Å². The van der Waals surface area contributed by atoms with Crippen molar-refractivity contribution in [1.29, 1.82) is 0 Å². The number of furan rings is 1. The van der Waals surface area contributed by atoms with E-state index in [-0.39, 0.29) is 16.9 Å². The van der Waals surface area contributed by atoms with E-state index in [2.05, 4.69) is 0 Å². The van der Waals surface area contributed by atoms with Gasteiger partial charge in [-0.05, 0) is 31.5 Å². The second kappa shape index (κ2) is 4.30. The second-order valence-electron chi connectivity index (χ2n) is 3.95. The first kappa shape index (κ1) is 11.8. The zero-order valence-electron chi connectivity index (χ0n) is 9.50. The Labute approximate surface area is 97.5 Å². The summed E-state index contributed by atoms with van der Waals surface area (Å²) in [7, 11) is 0. The van der Waals surface area contributed by atoms with Crippen molar-refractivity contribution in [2.24, 2.45) is 0 Å². The first-order valence-electron chi connectivity index (χ1n) is 5.19. The van der Waals surface area contributed by atoms with E-state index in [0.29, 0.717) is 5.76 Å². The molecule has 90 valence electrons. The van der Waals surface area contributed by atoms with E-state index in [0.717, 1.165) is 0 Å². The van der Waals surface area contributed by atoms with Crippen LogP contribution in [0.3, 0.4) is 0 Å². The van der Waals surface area contributed by atoms with E-state index in [1.54, 1.807) is 13.0 Å². The van der Waals surface area contributed by atoms with Crippen LogP contribution in [0.5, 0.6) is 0 Å². The maximum absolute atomic E-state index is 13.6. The quantitative estimate of drug-likeness (QED) is 0.871. The van der Waals surface area contributed by atoms with Crippen LogP contribution in [0.1, 0.15) is 28.8 Å². The summed E-state index contributed by atoms with van der Waals surface area (Å²) in [5.74, 6) is -1.17. The van der Waals surface area contributed by atoms with Crippen LogP contribution < -0.4 is 0 Å². The third-order valence-corrected chi connectivity index (χ3v) is 2.63. The van der Waals surface area contributed by atoms with E-state index >= 15 is 0 Å². The van der Waals surface area contributed by atoms with Crippen molar-refractivity contribution in [1.82, 2.24) is 0 Å². The Kier molecular flexibility index (Phi) is 2.98. The Morgan fingerprint density at radius 1 is 1.06 bits per heavy atom. The van der Waals surface area contributed by atoms with Gasteiger partial charge in [0, 0.05) is 5.56 Å². The normalized spacial score (nSPS) is 12.8. The summed E-state index contributed by atoms with van der Waals surface area (Å²) in [6, 6.07) is 5.97. The summed E-state index contributed by atoms with van der Waals surface area (Å²) in [6.45, 7) is 3.17. The minimum absolute atomic E-state index is 0.123. The molecule has 2 rings (SSSR count). The van der Waals surface area contributed by atoms with Crippen molar-refractivity contribution >= 4 is 0 Å². The molecule has 1 aromatic carbocycles. The molecule has 0 spiro atoms. The van der Waals surface area contributed by atoms with Gasteiger partial charge in [-0.2, -0.15) is 0 Å². The molecule has 0 saturated heterocycles. The molecule has 0 aliphatic rings. The number of rotatable bonds is 2. The fourth-order valence-corrected chi connectivity index (χ4v) is 1.63. The monoisotopic (exact) mass is 238 g/mol. The van der Waals surface area contributed by atoms with Gasteiger partial charge in [0.2, 0.25) is 0 Å². The van der Waals surface area contributed by atoms with Crippen LogP contribution in [0.25, 0.3) is 0 Å². The van der Waals surface area contributed by atoms with Crippen LogP contribution in [0, 0.1) is 25.5 Å². The molecule has 17 heavy (non-hydrogen) atoms. The molecule has 0 amide bonds. The fraction of sp³-hybridized carbons (Fsp3) is 0.231. The largest absolute Gasteiger partial charge is 0.463 e. The van der Waals surface area contributed by atoms with Gasteiger partial charge < -0.3 is 9.52 Å². The van der Waals surface area contributed by atoms with Gasteiger partial charge in [0.25, 0.3) is 0 Å². The van der Waals surface area contributed by atoms with Crippen molar-refractivity contribution < 1.29 is 18.3 Å². The van der Waals surface area contributed by atoms with Crippen molar-refractivity contribution in [3.8, 4) is 0 Å². The predicted octanol–water partition coefficient (Wildman–Crippen LogP) is 3.26. The molecule has 0 saturated carbocycles. The van der Waals surface area contributed by atoms with E-state index in [1.165, 1.54) is 25.1 Å². The summed E-state index contributed by atoms with van der Waals surface area (Å²) in [5.41, 5.74) is 0.0801. The smallest absolute Gasteiger partial charge is 0.165 e. The number of halogens is 2. The van der Waals surface area contributed by atoms with Crippen LogP contribution in [-0.2, 0) is 0 Å². The molecule has 2 aromatic rings. The minimum Gasteiger partial charge on any atom is -0.463 e. The molecule has 1 aromatic heterocycles. The highest BCUT2D eigenvalue weighted by Crippen LogP contribution is 2.27. The third kappa shape index (κ3) is 2.08. The first-order valence-corrected chi connectivity index (χ1v) is 5.19. The molecule has 0 radical (unpaired) electrons. The van der Waals surface area contributed by atoms with Gasteiger partial charge in [-0.3, -0.25) is 0 Å². The Hall–Kier alpha value is -1.68. The number of hydrogen-bond donors (Lipinski definition) is 1. The number of hydrogen-bond acceptors (Lipinski definition) is 2. The number of aliphatic hydroxyl groups excluding tert-OH is 1. The fourth-order valence-electron chi connectivity index (χ4n) is 1.63. The lowest BCUT2D eigenvalue weighted by Crippen LogP contribution is -2.04. The summed E-state index contributed by atoms with van der Waals surface area (Å²) >= 11 is 0. The van der Waals surface area contributed by atoms with Gasteiger partial charge in [-0.25, -0.2) is 8.78 Å². The third-order valence-electron chi connectivity index (χ3n) is 2.63. The second-order valence-corrected chi connectivity index (χ2v) is 3.95. The highest BCUT2D eigenvalue weighted by Gasteiger charge is 2.21. The van der Waals surface area contributed by atoms with Crippen molar-refractivity contribution in [3.05, 3.63) is 58.5 Å². The van der Waals surface area contributed by atoms with Gasteiger partial charge in [-0.15, -0.1) is 0 Å². The van der Waals surface area contributed by atoms with E-state index in [1.807, 2.05) is 0 Å². The standard InChI is InChI=1S/C13H12F2O2/c1-7-3-5-9(12(15)11(7)14)13(16)10-6-4-8(2)17-10/h3-6,13,16H,1-2H3. The molecule has 0 aliphatic heterocycles. The average molecular weight is 238 g/mol. The number of aryl methyl sites for hydroxylation is 2. The lowest BCUT2D eigenvalue weighted by Gasteiger charge is -2.10. The minimum atomic E-state index is -1.29. The average Bonchev–Trinajstić information content (AvgIpc) is 2.72. The van der Waals surface area contributed by atoms with E-state index < -0.39 is 17.7 Å². The van der Waals surface area contributed by atoms with Gasteiger partial charge in [0.15, 0.2) is 11.6 Å². The summed E-state index contributed by atoms with van der Waals surface area (Å²) in [5, 5.41) is 9.90. The zero-order chi connectivity index (χ0) is 12.6. The Morgan fingerprint density at radius 2 is 1.76 bits per heavy atom. The molecule has 1 N–H and O–H groups in total. The van der Waals surface area contributed by atoms with Gasteiger partial charge >= 0.3 is 0 Å². The molecule has 0 aliphatic carbocycles. The molecule has 2 nitrogen and oxygen atoms in total. The Bertz CT molecular complexity index is 546. The lowest BCUT2D eigenvalue weighted by atomic mass is 10.0. The van der Waals surface area contributed by atoms with E-state index in [9.17, 15) is 13.9 Å². The molecular formula is C13H12F2O2. The van der Waals surface area contributed by atoms with Crippen LogP contribution in [0.15, 0.2) is 28.7 Å². The summed E-state index contributed by atoms with van der Waals surface area (Å²) in [4.78, 5) is 0. The highest BCUT2D eigenvalue weighted by atomic mass is 19.2. The van der Waals surface area contributed by atoms with Crippen LogP contribution in [0.4, 0.5) is 8.78 Å². The number of aliphatic hydroxyl groups is 1. The zero-order valence-corrected chi connectivity index (χ0v) is 9.50. The highest BCUT2D eigenvalue weighted by molar-refractivity contribution is 5.31. The molecule has 4 heteroatoms.